The number of hydrazone groups is 1. The average molecular weight is 378 g/mol. The molecule has 130 valence electrons. The van der Waals surface area contributed by atoms with Crippen molar-refractivity contribution in [1.82, 2.24) is 10.7 Å². The van der Waals surface area contributed by atoms with Crippen LogP contribution in [0, 0.1) is 13.8 Å². The number of nitrogens with one attached hydrogen (secondary N) is 2. The minimum atomic E-state index is -0.446. The van der Waals surface area contributed by atoms with Crippen LogP contribution in [-0.4, -0.2) is 24.6 Å². The van der Waals surface area contributed by atoms with E-state index in [1.54, 1.807) is 30.3 Å². The Morgan fingerprint density at radius 2 is 1.84 bits per heavy atom. The van der Waals surface area contributed by atoms with Gasteiger partial charge in [-0.3, -0.25) is 9.59 Å². The van der Waals surface area contributed by atoms with Crippen LogP contribution in [0.4, 0.5) is 0 Å². The number of rotatable bonds is 5. The number of benzene rings is 2. The number of carbonyl (C=O) groups excluding carboxylic acids is 2. The highest BCUT2D eigenvalue weighted by Gasteiger charge is 2.08. The molecule has 7 heteroatoms. The third-order valence-corrected chi connectivity index (χ3v) is 4.10. The fourth-order valence-electron chi connectivity index (χ4n) is 1.96. The molecule has 0 atom stereocenters. The van der Waals surface area contributed by atoms with Crippen molar-refractivity contribution in [2.24, 2.45) is 5.10 Å². The second-order valence-electron chi connectivity index (χ2n) is 5.44. The summed E-state index contributed by atoms with van der Waals surface area (Å²) >= 11 is 11.8. The number of amides is 2. The fourth-order valence-corrected chi connectivity index (χ4v) is 2.42. The zero-order valence-corrected chi connectivity index (χ0v) is 15.3. The molecule has 0 aromatic heterocycles. The Labute approximate surface area is 156 Å². The number of carbonyl (C=O) groups is 2. The van der Waals surface area contributed by atoms with E-state index >= 15 is 0 Å². The molecule has 0 aliphatic carbocycles. The van der Waals surface area contributed by atoms with Gasteiger partial charge in [0.2, 0.25) is 0 Å². The normalized spacial score (nSPS) is 10.7. The summed E-state index contributed by atoms with van der Waals surface area (Å²) in [5.41, 5.74) is 5.56. The lowest BCUT2D eigenvalue weighted by Gasteiger charge is -2.06. The molecule has 0 spiro atoms. The predicted octanol–water partition coefficient (Wildman–Crippen LogP) is 3.49. The lowest BCUT2D eigenvalue weighted by molar-refractivity contribution is -0.120. The van der Waals surface area contributed by atoms with Gasteiger partial charge >= 0.3 is 0 Å². The highest BCUT2D eigenvalue weighted by Crippen LogP contribution is 2.19. The molecular weight excluding hydrogens is 361 g/mol. The van der Waals surface area contributed by atoms with E-state index < -0.39 is 5.91 Å². The summed E-state index contributed by atoms with van der Waals surface area (Å²) < 4.78 is 0. The van der Waals surface area contributed by atoms with Crippen molar-refractivity contribution in [2.45, 2.75) is 13.8 Å². The van der Waals surface area contributed by atoms with E-state index in [1.807, 2.05) is 19.9 Å². The molecule has 0 saturated heterocycles. The topological polar surface area (TPSA) is 70.6 Å². The van der Waals surface area contributed by atoms with Gasteiger partial charge in [-0.15, -0.1) is 0 Å². The molecule has 25 heavy (non-hydrogen) atoms. The van der Waals surface area contributed by atoms with E-state index in [2.05, 4.69) is 15.8 Å². The van der Waals surface area contributed by atoms with Crippen LogP contribution in [0.2, 0.25) is 10.0 Å². The van der Waals surface area contributed by atoms with E-state index in [-0.39, 0.29) is 12.5 Å². The largest absolute Gasteiger partial charge is 0.343 e. The lowest BCUT2D eigenvalue weighted by atomic mass is 10.1. The van der Waals surface area contributed by atoms with Crippen LogP contribution in [0.15, 0.2) is 41.5 Å². The Hall–Kier alpha value is -2.37. The first kappa shape index (κ1) is 19.0. The number of halogens is 2. The van der Waals surface area contributed by atoms with Gasteiger partial charge in [0.25, 0.3) is 11.8 Å². The van der Waals surface area contributed by atoms with Gasteiger partial charge in [-0.1, -0.05) is 35.3 Å². The third-order valence-electron chi connectivity index (χ3n) is 3.53. The highest BCUT2D eigenvalue weighted by molar-refractivity contribution is 6.36. The summed E-state index contributed by atoms with van der Waals surface area (Å²) in [5, 5.41) is 7.29. The number of hydrogen-bond donors (Lipinski definition) is 2. The van der Waals surface area contributed by atoms with Crippen molar-refractivity contribution in [3.05, 3.63) is 68.7 Å². The molecule has 5 nitrogen and oxygen atoms in total. The Morgan fingerprint density at radius 3 is 2.52 bits per heavy atom. The maximum Gasteiger partial charge on any atom is 0.259 e. The molecule has 0 aliphatic heterocycles. The third kappa shape index (κ3) is 5.59. The molecule has 2 N–H and O–H groups in total. The van der Waals surface area contributed by atoms with E-state index in [1.165, 1.54) is 6.21 Å². The highest BCUT2D eigenvalue weighted by atomic mass is 35.5. The molecule has 0 heterocycles. The van der Waals surface area contributed by atoms with Gasteiger partial charge in [0.15, 0.2) is 0 Å². The van der Waals surface area contributed by atoms with Gasteiger partial charge in [0, 0.05) is 16.1 Å². The number of aryl methyl sites for hydroxylation is 2. The lowest BCUT2D eigenvalue weighted by Crippen LogP contribution is -2.34. The molecule has 0 bridgehead atoms. The summed E-state index contributed by atoms with van der Waals surface area (Å²) in [6.45, 7) is 3.71. The van der Waals surface area contributed by atoms with Crippen LogP contribution < -0.4 is 10.7 Å². The van der Waals surface area contributed by atoms with Crippen molar-refractivity contribution in [3.63, 3.8) is 0 Å². The van der Waals surface area contributed by atoms with Gasteiger partial charge in [0.1, 0.15) is 0 Å². The zero-order valence-electron chi connectivity index (χ0n) is 13.8. The van der Waals surface area contributed by atoms with Crippen LogP contribution >= 0.6 is 23.2 Å². The van der Waals surface area contributed by atoms with Crippen LogP contribution in [0.5, 0.6) is 0 Å². The van der Waals surface area contributed by atoms with Gasteiger partial charge in [-0.05, 0) is 49.2 Å². The average Bonchev–Trinajstić information content (AvgIpc) is 2.57. The van der Waals surface area contributed by atoms with Gasteiger partial charge in [-0.25, -0.2) is 5.43 Å². The maximum atomic E-state index is 12.0. The molecule has 0 radical (unpaired) electrons. The first-order chi connectivity index (χ1) is 11.9. The number of hydrogen-bond acceptors (Lipinski definition) is 3. The van der Waals surface area contributed by atoms with Crippen LogP contribution in [0.25, 0.3) is 0 Å². The molecule has 0 fully saturated rings. The molecule has 2 aromatic carbocycles. The van der Waals surface area contributed by atoms with Crippen molar-refractivity contribution in [2.75, 3.05) is 6.54 Å². The van der Waals surface area contributed by atoms with Gasteiger partial charge < -0.3 is 5.32 Å². The molecular formula is C18H17Cl2N3O2. The Bertz CT molecular complexity index is 835. The molecule has 2 rings (SSSR count). The SMILES string of the molecule is Cc1ccc(C(=O)NCC(=O)N/N=C\c2ccc(Cl)cc2Cl)cc1C. The van der Waals surface area contributed by atoms with Crippen LogP contribution in [0.1, 0.15) is 27.0 Å². The Balaban J connectivity index is 1.84. The standard InChI is InChI=1S/C18H17Cl2N3O2/c1-11-3-4-13(7-12(11)2)18(25)21-10-17(24)23-22-9-14-5-6-15(19)8-16(14)20/h3-9H,10H2,1-2H3,(H,21,25)(H,23,24)/b22-9-. The van der Waals surface area contributed by atoms with Crippen LogP contribution in [-0.2, 0) is 4.79 Å². The Kier molecular flexibility index (Phi) is 6.56. The van der Waals surface area contributed by atoms with Crippen molar-refractivity contribution < 1.29 is 9.59 Å². The number of nitrogens with zero attached hydrogens (tertiary/aromatic N) is 1. The van der Waals surface area contributed by atoms with Crippen molar-refractivity contribution in [1.29, 1.82) is 0 Å². The molecule has 0 unspecified atom stereocenters. The van der Waals surface area contributed by atoms with E-state index in [0.29, 0.717) is 21.2 Å². The van der Waals surface area contributed by atoms with Gasteiger partial charge in [0.05, 0.1) is 17.8 Å². The van der Waals surface area contributed by atoms with E-state index in [0.717, 1.165) is 11.1 Å². The summed E-state index contributed by atoms with van der Waals surface area (Å²) in [5.74, 6) is -0.763. The summed E-state index contributed by atoms with van der Waals surface area (Å²) in [6, 6.07) is 10.3. The monoisotopic (exact) mass is 377 g/mol. The zero-order chi connectivity index (χ0) is 18.4. The van der Waals surface area contributed by atoms with E-state index in [4.69, 9.17) is 23.2 Å². The predicted molar refractivity (Wildman–Crippen MR) is 100 cm³/mol. The minimum Gasteiger partial charge on any atom is -0.343 e. The second-order valence-corrected chi connectivity index (χ2v) is 6.28. The quantitative estimate of drug-likeness (QED) is 0.618. The first-order valence-electron chi connectivity index (χ1n) is 7.49. The van der Waals surface area contributed by atoms with Crippen molar-refractivity contribution >= 4 is 41.2 Å². The smallest absolute Gasteiger partial charge is 0.259 e. The second kappa shape index (κ2) is 8.65. The summed E-state index contributed by atoms with van der Waals surface area (Å²) in [4.78, 5) is 23.8. The summed E-state index contributed by atoms with van der Waals surface area (Å²) in [6.07, 6.45) is 1.40. The fraction of sp³-hybridized carbons (Fsp3) is 0.167. The van der Waals surface area contributed by atoms with Gasteiger partial charge in [-0.2, -0.15) is 5.10 Å². The summed E-state index contributed by atoms with van der Waals surface area (Å²) in [7, 11) is 0. The molecule has 0 saturated carbocycles. The van der Waals surface area contributed by atoms with E-state index in [9.17, 15) is 9.59 Å². The molecule has 2 amide bonds. The maximum absolute atomic E-state index is 12.0. The minimum absolute atomic E-state index is 0.183. The van der Waals surface area contributed by atoms with Crippen molar-refractivity contribution in [3.8, 4) is 0 Å². The first-order valence-corrected chi connectivity index (χ1v) is 8.25. The molecule has 2 aromatic rings. The molecule has 0 aliphatic rings. The van der Waals surface area contributed by atoms with Crippen LogP contribution in [0.3, 0.4) is 0 Å². The Morgan fingerprint density at radius 1 is 1.08 bits per heavy atom.